The van der Waals surface area contributed by atoms with Gasteiger partial charge in [0.15, 0.2) is 11.0 Å². The monoisotopic (exact) mass is 408 g/mol. The maximum atomic E-state index is 13.2. The molecule has 0 aliphatic rings. The Bertz CT molecular complexity index is 1090. The SMILES string of the molecule is CCOc1ccc(N(C(=O)CCc2nc(C)no2)c2nc3ccccc3s2)cc1. The number of benzene rings is 2. The lowest BCUT2D eigenvalue weighted by molar-refractivity contribution is -0.117. The highest BCUT2D eigenvalue weighted by Gasteiger charge is 2.22. The summed E-state index contributed by atoms with van der Waals surface area (Å²) < 4.78 is 11.7. The maximum absolute atomic E-state index is 13.2. The van der Waals surface area contributed by atoms with Crippen LogP contribution in [0.2, 0.25) is 0 Å². The van der Waals surface area contributed by atoms with Gasteiger partial charge >= 0.3 is 0 Å². The number of ether oxygens (including phenoxy) is 1. The van der Waals surface area contributed by atoms with E-state index in [9.17, 15) is 4.79 Å². The van der Waals surface area contributed by atoms with Crippen LogP contribution in [0.25, 0.3) is 10.2 Å². The minimum Gasteiger partial charge on any atom is -0.494 e. The zero-order valence-corrected chi connectivity index (χ0v) is 17.0. The van der Waals surface area contributed by atoms with Crippen LogP contribution in [0.4, 0.5) is 10.8 Å². The first-order chi connectivity index (χ1) is 14.1. The van der Waals surface area contributed by atoms with Crippen LogP contribution in [-0.4, -0.2) is 27.6 Å². The molecule has 0 spiro atoms. The van der Waals surface area contributed by atoms with Crippen molar-refractivity contribution in [3.8, 4) is 5.75 Å². The van der Waals surface area contributed by atoms with E-state index in [0.717, 1.165) is 21.7 Å². The van der Waals surface area contributed by atoms with Gasteiger partial charge in [0.25, 0.3) is 0 Å². The molecule has 0 saturated heterocycles. The van der Waals surface area contributed by atoms with Gasteiger partial charge in [-0.05, 0) is 50.2 Å². The van der Waals surface area contributed by atoms with Crippen molar-refractivity contribution >= 4 is 38.3 Å². The number of nitrogens with zero attached hydrogens (tertiary/aromatic N) is 4. The first-order valence-electron chi connectivity index (χ1n) is 9.34. The molecule has 0 unspecified atom stereocenters. The van der Waals surface area contributed by atoms with Gasteiger partial charge in [-0.2, -0.15) is 4.98 Å². The minimum atomic E-state index is -0.0935. The first-order valence-corrected chi connectivity index (χ1v) is 10.2. The van der Waals surface area contributed by atoms with Crippen LogP contribution in [-0.2, 0) is 11.2 Å². The molecule has 29 heavy (non-hydrogen) atoms. The van der Waals surface area contributed by atoms with E-state index in [1.54, 1.807) is 11.8 Å². The average Bonchev–Trinajstić information content (AvgIpc) is 3.34. The average molecular weight is 408 g/mol. The lowest BCUT2D eigenvalue weighted by Gasteiger charge is -2.20. The second-order valence-electron chi connectivity index (χ2n) is 6.36. The molecule has 7 nitrogen and oxygen atoms in total. The maximum Gasteiger partial charge on any atom is 0.233 e. The molecule has 2 heterocycles. The summed E-state index contributed by atoms with van der Waals surface area (Å²) in [7, 11) is 0. The highest BCUT2D eigenvalue weighted by Crippen LogP contribution is 2.34. The highest BCUT2D eigenvalue weighted by atomic mass is 32.1. The molecule has 2 aromatic carbocycles. The third kappa shape index (κ3) is 4.27. The van der Waals surface area contributed by atoms with Crippen molar-refractivity contribution in [2.24, 2.45) is 0 Å². The lowest BCUT2D eigenvalue weighted by Crippen LogP contribution is -2.26. The van der Waals surface area contributed by atoms with Crippen molar-refractivity contribution in [1.82, 2.24) is 15.1 Å². The van der Waals surface area contributed by atoms with Crippen LogP contribution in [0.3, 0.4) is 0 Å². The highest BCUT2D eigenvalue weighted by molar-refractivity contribution is 7.22. The van der Waals surface area contributed by atoms with E-state index in [2.05, 4.69) is 15.1 Å². The molecule has 0 fully saturated rings. The Morgan fingerprint density at radius 2 is 1.93 bits per heavy atom. The molecule has 0 saturated carbocycles. The molecule has 0 atom stereocenters. The van der Waals surface area contributed by atoms with Gasteiger partial charge < -0.3 is 9.26 Å². The largest absolute Gasteiger partial charge is 0.494 e. The van der Waals surface area contributed by atoms with Crippen molar-refractivity contribution in [3.05, 3.63) is 60.2 Å². The van der Waals surface area contributed by atoms with Gasteiger partial charge in [-0.25, -0.2) is 4.98 Å². The van der Waals surface area contributed by atoms with Crippen LogP contribution in [0.5, 0.6) is 5.75 Å². The number of carbonyl (C=O) groups is 1. The van der Waals surface area contributed by atoms with Crippen molar-refractivity contribution < 1.29 is 14.1 Å². The Kier molecular flexibility index (Phi) is 5.53. The summed E-state index contributed by atoms with van der Waals surface area (Å²) in [5.41, 5.74) is 1.60. The molecule has 8 heteroatoms. The van der Waals surface area contributed by atoms with Gasteiger partial charge in [-0.15, -0.1) is 0 Å². The van der Waals surface area contributed by atoms with Gasteiger partial charge in [0, 0.05) is 12.8 Å². The number of rotatable bonds is 7. The van der Waals surface area contributed by atoms with Crippen molar-refractivity contribution in [3.63, 3.8) is 0 Å². The van der Waals surface area contributed by atoms with Crippen LogP contribution < -0.4 is 9.64 Å². The summed E-state index contributed by atoms with van der Waals surface area (Å²) in [5.74, 6) is 1.67. The summed E-state index contributed by atoms with van der Waals surface area (Å²) in [6.07, 6.45) is 0.600. The number of hydrogen-bond acceptors (Lipinski definition) is 7. The Morgan fingerprint density at radius 1 is 1.14 bits per heavy atom. The van der Waals surface area contributed by atoms with Crippen molar-refractivity contribution in [1.29, 1.82) is 0 Å². The number of carbonyl (C=O) groups excluding carboxylic acids is 1. The quantitative estimate of drug-likeness (QED) is 0.441. The van der Waals surface area contributed by atoms with Crippen LogP contribution in [0.1, 0.15) is 25.1 Å². The molecular weight excluding hydrogens is 388 g/mol. The zero-order valence-electron chi connectivity index (χ0n) is 16.2. The normalized spacial score (nSPS) is 11.0. The predicted octanol–water partition coefficient (Wildman–Crippen LogP) is 4.68. The van der Waals surface area contributed by atoms with Gasteiger partial charge in [0.2, 0.25) is 11.8 Å². The van der Waals surface area contributed by atoms with Crippen molar-refractivity contribution in [2.75, 3.05) is 11.5 Å². The van der Waals surface area contributed by atoms with E-state index in [1.165, 1.54) is 11.3 Å². The molecule has 1 amide bonds. The van der Waals surface area contributed by atoms with Gasteiger partial charge in [-0.1, -0.05) is 28.6 Å². The number of amides is 1. The Labute approximate surface area is 171 Å². The number of aromatic nitrogens is 3. The number of hydrogen-bond donors (Lipinski definition) is 0. The lowest BCUT2D eigenvalue weighted by atomic mass is 10.2. The predicted molar refractivity (Wildman–Crippen MR) is 112 cm³/mol. The summed E-state index contributed by atoms with van der Waals surface area (Å²) >= 11 is 1.48. The molecule has 0 radical (unpaired) electrons. The smallest absolute Gasteiger partial charge is 0.233 e. The van der Waals surface area contributed by atoms with Crippen LogP contribution in [0, 0.1) is 6.92 Å². The summed E-state index contributed by atoms with van der Waals surface area (Å²) in [6, 6.07) is 15.3. The fraction of sp³-hybridized carbons (Fsp3) is 0.238. The topological polar surface area (TPSA) is 81.4 Å². The minimum absolute atomic E-state index is 0.0935. The fourth-order valence-corrected chi connectivity index (χ4v) is 3.95. The summed E-state index contributed by atoms with van der Waals surface area (Å²) in [5, 5.41) is 4.40. The first kappa shape index (κ1) is 19.1. The molecule has 0 N–H and O–H groups in total. The number of thiazole rings is 1. The standard InChI is InChI=1S/C21H20N4O3S/c1-3-27-16-10-8-15(9-11-16)25(20(26)13-12-19-22-14(2)24-28-19)21-23-17-6-4-5-7-18(17)29-21/h4-11H,3,12-13H2,1-2H3. The summed E-state index contributed by atoms with van der Waals surface area (Å²) in [4.78, 5) is 23.7. The van der Waals surface area contributed by atoms with E-state index >= 15 is 0 Å². The Morgan fingerprint density at radius 3 is 2.62 bits per heavy atom. The van der Waals surface area contributed by atoms with E-state index in [-0.39, 0.29) is 12.3 Å². The molecule has 0 aliphatic heterocycles. The van der Waals surface area contributed by atoms with Crippen molar-refractivity contribution in [2.45, 2.75) is 26.7 Å². The Balaban J connectivity index is 1.64. The number of aryl methyl sites for hydroxylation is 2. The zero-order chi connectivity index (χ0) is 20.2. The van der Waals surface area contributed by atoms with E-state index in [0.29, 0.717) is 29.9 Å². The van der Waals surface area contributed by atoms with Crippen LogP contribution in [0.15, 0.2) is 53.1 Å². The van der Waals surface area contributed by atoms with Gasteiger partial charge in [0.05, 0.1) is 22.5 Å². The molecular formula is C21H20N4O3S. The Hall–Kier alpha value is -3.26. The van der Waals surface area contributed by atoms with E-state index in [4.69, 9.17) is 9.26 Å². The third-order valence-electron chi connectivity index (χ3n) is 4.25. The van der Waals surface area contributed by atoms with Crippen LogP contribution >= 0.6 is 11.3 Å². The van der Waals surface area contributed by atoms with E-state index < -0.39 is 0 Å². The van der Waals surface area contributed by atoms with E-state index in [1.807, 2.05) is 55.5 Å². The molecule has 0 aliphatic carbocycles. The van der Waals surface area contributed by atoms with Gasteiger partial charge in [0.1, 0.15) is 5.75 Å². The molecule has 148 valence electrons. The molecule has 0 bridgehead atoms. The summed E-state index contributed by atoms with van der Waals surface area (Å²) in [6.45, 7) is 4.27. The number of para-hydroxylation sites is 1. The second-order valence-corrected chi connectivity index (χ2v) is 7.36. The fourth-order valence-electron chi connectivity index (χ4n) is 2.94. The molecule has 4 rings (SSSR count). The molecule has 2 aromatic heterocycles. The van der Waals surface area contributed by atoms with Gasteiger partial charge in [-0.3, -0.25) is 9.69 Å². The third-order valence-corrected chi connectivity index (χ3v) is 5.27. The molecule has 4 aromatic rings. The number of anilines is 2. The number of fused-ring (bicyclic) bond motifs is 1. The second kappa shape index (κ2) is 8.40.